The molecule has 0 bridgehead atoms. The lowest BCUT2D eigenvalue weighted by Crippen LogP contribution is -2.34. The fourth-order valence-electron chi connectivity index (χ4n) is 1.74. The Balaban J connectivity index is 2.45. The van der Waals surface area contributed by atoms with Gasteiger partial charge in [-0.15, -0.1) is 0 Å². The van der Waals surface area contributed by atoms with Crippen LogP contribution in [-0.2, 0) is 17.8 Å². The van der Waals surface area contributed by atoms with Gasteiger partial charge in [-0.05, 0) is 39.4 Å². The summed E-state index contributed by atoms with van der Waals surface area (Å²) in [6.45, 7) is 12.9. The molecule has 0 spiro atoms. The molecular weight excluding hydrogens is 240 g/mol. The van der Waals surface area contributed by atoms with Gasteiger partial charge in [-0.2, -0.15) is 0 Å². The summed E-state index contributed by atoms with van der Waals surface area (Å²) in [5.74, 6) is 2.01. The van der Waals surface area contributed by atoms with Crippen molar-refractivity contribution in [3.05, 3.63) is 23.7 Å². The summed E-state index contributed by atoms with van der Waals surface area (Å²) in [4.78, 5) is 2.31. The predicted octanol–water partition coefficient (Wildman–Crippen LogP) is 2.64. The Labute approximate surface area is 117 Å². The molecule has 1 aromatic rings. The Hall–Kier alpha value is -0.840. The van der Waals surface area contributed by atoms with Gasteiger partial charge in [0.25, 0.3) is 0 Å². The maximum absolute atomic E-state index is 5.85. The van der Waals surface area contributed by atoms with Crippen molar-refractivity contribution in [1.82, 2.24) is 10.2 Å². The molecule has 110 valence electrons. The molecule has 0 unspecified atom stereocenters. The minimum Gasteiger partial charge on any atom is -0.463 e. The van der Waals surface area contributed by atoms with Crippen LogP contribution in [0.1, 0.15) is 39.2 Å². The number of nitrogens with one attached hydrogen (secondary N) is 1. The van der Waals surface area contributed by atoms with Crippen LogP contribution in [-0.4, -0.2) is 37.2 Å². The standard InChI is InChI=1S/C15H28N2O2/c1-6-17(9-10-18-5)12-14-8-7-13(19-14)11-16-15(2,3)4/h7-8,16H,6,9-12H2,1-5H3. The van der Waals surface area contributed by atoms with Crippen molar-refractivity contribution in [3.63, 3.8) is 0 Å². The van der Waals surface area contributed by atoms with Gasteiger partial charge >= 0.3 is 0 Å². The van der Waals surface area contributed by atoms with Crippen LogP contribution in [0.4, 0.5) is 0 Å². The molecule has 0 saturated heterocycles. The monoisotopic (exact) mass is 268 g/mol. The van der Waals surface area contributed by atoms with E-state index in [0.29, 0.717) is 0 Å². The number of likely N-dealkylation sites (N-methyl/N-ethyl adjacent to an activating group) is 1. The van der Waals surface area contributed by atoms with Crippen LogP contribution in [0.15, 0.2) is 16.5 Å². The van der Waals surface area contributed by atoms with Gasteiger partial charge in [0.1, 0.15) is 11.5 Å². The predicted molar refractivity (Wildman–Crippen MR) is 78.1 cm³/mol. The van der Waals surface area contributed by atoms with Crippen molar-refractivity contribution in [1.29, 1.82) is 0 Å². The Morgan fingerprint density at radius 3 is 2.53 bits per heavy atom. The van der Waals surface area contributed by atoms with E-state index in [4.69, 9.17) is 9.15 Å². The molecule has 0 amide bonds. The van der Waals surface area contributed by atoms with Crippen LogP contribution < -0.4 is 5.32 Å². The van der Waals surface area contributed by atoms with Crippen LogP contribution in [0.3, 0.4) is 0 Å². The summed E-state index contributed by atoms with van der Waals surface area (Å²) < 4.78 is 11.0. The smallest absolute Gasteiger partial charge is 0.118 e. The molecule has 1 rings (SSSR count). The second kappa shape index (κ2) is 7.68. The van der Waals surface area contributed by atoms with Gasteiger partial charge in [-0.25, -0.2) is 0 Å². The Morgan fingerprint density at radius 2 is 1.95 bits per heavy atom. The third-order valence-electron chi connectivity index (χ3n) is 2.95. The third-order valence-corrected chi connectivity index (χ3v) is 2.95. The average molecular weight is 268 g/mol. The number of hydrogen-bond donors (Lipinski definition) is 1. The van der Waals surface area contributed by atoms with Gasteiger partial charge in [0.05, 0.1) is 19.7 Å². The molecule has 1 N–H and O–H groups in total. The maximum atomic E-state index is 5.85. The minimum absolute atomic E-state index is 0.112. The van der Waals surface area contributed by atoms with Gasteiger partial charge in [-0.1, -0.05) is 6.92 Å². The second-order valence-electron chi connectivity index (χ2n) is 5.83. The van der Waals surface area contributed by atoms with Crippen LogP contribution >= 0.6 is 0 Å². The number of nitrogens with zero attached hydrogens (tertiary/aromatic N) is 1. The summed E-state index contributed by atoms with van der Waals surface area (Å²) in [5, 5.41) is 3.43. The van der Waals surface area contributed by atoms with E-state index in [-0.39, 0.29) is 5.54 Å². The molecule has 0 saturated carbocycles. The van der Waals surface area contributed by atoms with E-state index in [1.54, 1.807) is 7.11 Å². The van der Waals surface area contributed by atoms with E-state index >= 15 is 0 Å². The Morgan fingerprint density at radius 1 is 1.26 bits per heavy atom. The number of furan rings is 1. The van der Waals surface area contributed by atoms with Gasteiger partial charge < -0.3 is 14.5 Å². The normalized spacial score (nSPS) is 12.3. The molecule has 0 fully saturated rings. The lowest BCUT2D eigenvalue weighted by Gasteiger charge is -2.20. The van der Waals surface area contributed by atoms with Crippen molar-refractivity contribution >= 4 is 0 Å². The summed E-state index contributed by atoms with van der Waals surface area (Å²) in [7, 11) is 1.73. The quantitative estimate of drug-likeness (QED) is 0.786. The van der Waals surface area contributed by atoms with Crippen molar-refractivity contribution in [3.8, 4) is 0 Å². The SMILES string of the molecule is CCN(CCOC)Cc1ccc(CNC(C)(C)C)o1. The number of rotatable bonds is 8. The summed E-state index contributed by atoms with van der Waals surface area (Å²) in [6, 6.07) is 4.12. The molecule has 0 aromatic carbocycles. The van der Waals surface area contributed by atoms with Crippen molar-refractivity contribution in [2.45, 2.75) is 46.3 Å². The highest BCUT2D eigenvalue weighted by atomic mass is 16.5. The fraction of sp³-hybridized carbons (Fsp3) is 0.733. The van der Waals surface area contributed by atoms with Crippen LogP contribution in [0.5, 0.6) is 0 Å². The molecule has 0 radical (unpaired) electrons. The molecule has 4 nitrogen and oxygen atoms in total. The largest absolute Gasteiger partial charge is 0.463 e. The molecule has 0 atom stereocenters. The molecule has 4 heteroatoms. The highest BCUT2D eigenvalue weighted by Crippen LogP contribution is 2.12. The first-order valence-corrected chi connectivity index (χ1v) is 6.98. The molecule has 1 aromatic heterocycles. The van der Waals surface area contributed by atoms with E-state index < -0.39 is 0 Å². The van der Waals surface area contributed by atoms with Crippen molar-refractivity contribution < 1.29 is 9.15 Å². The average Bonchev–Trinajstić information content (AvgIpc) is 2.79. The van der Waals surface area contributed by atoms with E-state index in [1.807, 2.05) is 0 Å². The van der Waals surface area contributed by atoms with E-state index in [1.165, 1.54) is 0 Å². The topological polar surface area (TPSA) is 37.6 Å². The third kappa shape index (κ3) is 6.76. The first-order valence-electron chi connectivity index (χ1n) is 6.98. The molecule has 0 aliphatic rings. The fourth-order valence-corrected chi connectivity index (χ4v) is 1.74. The van der Waals surface area contributed by atoms with Crippen LogP contribution in [0.2, 0.25) is 0 Å². The molecule has 0 aliphatic heterocycles. The first-order chi connectivity index (χ1) is 8.94. The Bertz CT molecular complexity index is 355. The number of hydrogen-bond acceptors (Lipinski definition) is 4. The van der Waals surface area contributed by atoms with E-state index in [9.17, 15) is 0 Å². The maximum Gasteiger partial charge on any atom is 0.118 e. The molecule has 19 heavy (non-hydrogen) atoms. The number of methoxy groups -OCH3 is 1. The summed E-state index contributed by atoms with van der Waals surface area (Å²) in [5.41, 5.74) is 0.112. The van der Waals surface area contributed by atoms with Crippen LogP contribution in [0.25, 0.3) is 0 Å². The van der Waals surface area contributed by atoms with Gasteiger partial charge in [-0.3, -0.25) is 4.90 Å². The van der Waals surface area contributed by atoms with E-state index in [2.05, 4.69) is 50.0 Å². The highest BCUT2D eigenvalue weighted by molar-refractivity contribution is 5.07. The van der Waals surface area contributed by atoms with Gasteiger partial charge in [0.2, 0.25) is 0 Å². The van der Waals surface area contributed by atoms with Crippen molar-refractivity contribution in [2.75, 3.05) is 26.8 Å². The Kier molecular flexibility index (Phi) is 6.55. The van der Waals surface area contributed by atoms with Crippen molar-refractivity contribution in [2.24, 2.45) is 0 Å². The van der Waals surface area contributed by atoms with Gasteiger partial charge in [0, 0.05) is 19.2 Å². The summed E-state index contributed by atoms with van der Waals surface area (Å²) in [6.07, 6.45) is 0. The van der Waals surface area contributed by atoms with Gasteiger partial charge in [0.15, 0.2) is 0 Å². The zero-order valence-electron chi connectivity index (χ0n) is 13.0. The number of ether oxygens (including phenoxy) is 1. The zero-order chi connectivity index (χ0) is 14.3. The second-order valence-corrected chi connectivity index (χ2v) is 5.83. The van der Waals surface area contributed by atoms with E-state index in [0.717, 1.165) is 44.3 Å². The molecular formula is C15H28N2O2. The van der Waals surface area contributed by atoms with Crippen LogP contribution in [0, 0.1) is 0 Å². The first kappa shape index (κ1) is 16.2. The minimum atomic E-state index is 0.112. The highest BCUT2D eigenvalue weighted by Gasteiger charge is 2.11. The zero-order valence-corrected chi connectivity index (χ0v) is 13.0. The molecule has 0 aliphatic carbocycles. The lowest BCUT2D eigenvalue weighted by molar-refractivity contribution is 0.142. The lowest BCUT2D eigenvalue weighted by atomic mass is 10.1. The molecule has 1 heterocycles. The summed E-state index contributed by atoms with van der Waals surface area (Å²) >= 11 is 0.